The molecular formula is C11H12N2O3. The van der Waals surface area contributed by atoms with Crippen molar-refractivity contribution < 1.29 is 9.90 Å². The van der Waals surface area contributed by atoms with Crippen molar-refractivity contribution >= 4 is 5.97 Å². The van der Waals surface area contributed by atoms with E-state index in [-0.39, 0.29) is 5.92 Å². The van der Waals surface area contributed by atoms with Crippen LogP contribution in [-0.4, -0.2) is 28.7 Å². The molecule has 1 fully saturated rings. The molecule has 0 spiro atoms. The molecule has 0 amide bonds. The fourth-order valence-electron chi connectivity index (χ4n) is 2.22. The normalized spacial score (nSPS) is 24.4. The third-order valence-electron chi connectivity index (χ3n) is 2.96. The Kier molecular flexibility index (Phi) is 2.85. The van der Waals surface area contributed by atoms with E-state index < -0.39 is 12.0 Å². The number of hydrogen-bond donors (Lipinski definition) is 1. The van der Waals surface area contributed by atoms with Gasteiger partial charge in [-0.15, -0.1) is 4.91 Å². The Balaban J connectivity index is 2.28. The van der Waals surface area contributed by atoms with Crippen LogP contribution in [0.2, 0.25) is 0 Å². The number of hydrogen-bond acceptors (Lipinski definition) is 3. The van der Waals surface area contributed by atoms with Gasteiger partial charge in [-0.1, -0.05) is 30.3 Å². The van der Waals surface area contributed by atoms with E-state index in [1.54, 1.807) is 0 Å². The molecule has 0 radical (unpaired) electrons. The van der Waals surface area contributed by atoms with Crippen LogP contribution in [0.3, 0.4) is 0 Å². The molecule has 0 saturated carbocycles. The lowest BCUT2D eigenvalue weighted by Crippen LogP contribution is -2.35. The van der Waals surface area contributed by atoms with Gasteiger partial charge in [0.2, 0.25) is 0 Å². The van der Waals surface area contributed by atoms with Crippen molar-refractivity contribution in [2.45, 2.75) is 18.4 Å². The van der Waals surface area contributed by atoms with E-state index in [1.165, 1.54) is 0 Å². The van der Waals surface area contributed by atoms with Crippen LogP contribution >= 0.6 is 0 Å². The zero-order chi connectivity index (χ0) is 11.5. The van der Waals surface area contributed by atoms with E-state index in [0.717, 1.165) is 10.6 Å². The molecular weight excluding hydrogens is 208 g/mol. The monoisotopic (exact) mass is 220 g/mol. The van der Waals surface area contributed by atoms with Gasteiger partial charge in [0.05, 0.1) is 5.29 Å². The van der Waals surface area contributed by atoms with Gasteiger partial charge in [0.15, 0.2) is 6.04 Å². The Hall–Kier alpha value is -1.91. The van der Waals surface area contributed by atoms with E-state index in [4.69, 9.17) is 5.11 Å². The highest BCUT2D eigenvalue weighted by atomic mass is 16.4. The standard InChI is InChI=1S/C11H12N2O3/c14-11(15)10-9(6-7-13(10)12-16)8-4-2-1-3-5-8/h1-5,9-10H,6-7H2,(H,14,15)/t9-,10+/m1/s1. The van der Waals surface area contributed by atoms with Crippen molar-refractivity contribution in [2.24, 2.45) is 5.29 Å². The lowest BCUT2D eigenvalue weighted by atomic mass is 9.92. The molecule has 1 heterocycles. The van der Waals surface area contributed by atoms with E-state index in [9.17, 15) is 9.70 Å². The molecule has 16 heavy (non-hydrogen) atoms. The van der Waals surface area contributed by atoms with Crippen LogP contribution in [0.25, 0.3) is 0 Å². The van der Waals surface area contributed by atoms with Crippen LogP contribution in [0.15, 0.2) is 35.6 Å². The molecule has 0 aliphatic carbocycles. The summed E-state index contributed by atoms with van der Waals surface area (Å²) in [5.74, 6) is -1.15. The number of carboxylic acids is 1. The maximum atomic E-state index is 11.1. The van der Waals surface area contributed by atoms with Gasteiger partial charge in [-0.05, 0) is 12.0 Å². The predicted molar refractivity (Wildman–Crippen MR) is 57.7 cm³/mol. The van der Waals surface area contributed by atoms with E-state index in [1.807, 2.05) is 30.3 Å². The molecule has 0 unspecified atom stereocenters. The second kappa shape index (κ2) is 4.30. The highest BCUT2D eigenvalue weighted by Crippen LogP contribution is 2.33. The van der Waals surface area contributed by atoms with Crippen LogP contribution in [0.5, 0.6) is 0 Å². The molecule has 5 heteroatoms. The fourth-order valence-corrected chi connectivity index (χ4v) is 2.22. The first-order chi connectivity index (χ1) is 7.74. The summed E-state index contributed by atoms with van der Waals surface area (Å²) < 4.78 is 0. The van der Waals surface area contributed by atoms with Gasteiger partial charge in [-0.25, -0.2) is 9.80 Å². The van der Waals surface area contributed by atoms with Crippen molar-refractivity contribution in [1.29, 1.82) is 0 Å². The minimum atomic E-state index is -0.994. The number of benzene rings is 1. The average molecular weight is 220 g/mol. The first-order valence-electron chi connectivity index (χ1n) is 5.11. The van der Waals surface area contributed by atoms with Gasteiger partial charge in [0, 0.05) is 12.5 Å². The molecule has 0 bridgehead atoms. The number of nitrogens with zero attached hydrogens (tertiary/aromatic N) is 2. The molecule has 0 aromatic heterocycles. The lowest BCUT2D eigenvalue weighted by Gasteiger charge is -2.19. The van der Waals surface area contributed by atoms with Gasteiger partial charge in [0.1, 0.15) is 0 Å². The van der Waals surface area contributed by atoms with Crippen LogP contribution < -0.4 is 0 Å². The molecule has 5 nitrogen and oxygen atoms in total. The second-order valence-electron chi connectivity index (χ2n) is 3.83. The molecule has 2 rings (SSSR count). The average Bonchev–Trinajstić information content (AvgIpc) is 2.73. The van der Waals surface area contributed by atoms with Crippen LogP contribution in [0.4, 0.5) is 0 Å². The van der Waals surface area contributed by atoms with Crippen LogP contribution in [0.1, 0.15) is 17.9 Å². The van der Waals surface area contributed by atoms with Crippen molar-refractivity contribution in [2.75, 3.05) is 6.54 Å². The molecule has 2 atom stereocenters. The Bertz CT molecular complexity index is 393. The third kappa shape index (κ3) is 1.76. The summed E-state index contributed by atoms with van der Waals surface area (Å²) in [6, 6.07) is 8.55. The molecule has 1 aromatic rings. The van der Waals surface area contributed by atoms with Gasteiger partial charge in [0.25, 0.3) is 0 Å². The third-order valence-corrected chi connectivity index (χ3v) is 2.96. The van der Waals surface area contributed by atoms with Crippen molar-refractivity contribution in [3.05, 3.63) is 40.8 Å². The minimum absolute atomic E-state index is 0.156. The Labute approximate surface area is 92.6 Å². The van der Waals surface area contributed by atoms with E-state index in [2.05, 4.69) is 5.29 Å². The number of aliphatic carboxylic acids is 1. The topological polar surface area (TPSA) is 70.0 Å². The predicted octanol–water partition coefficient (Wildman–Crippen LogP) is 1.61. The minimum Gasteiger partial charge on any atom is -0.480 e. The molecule has 1 saturated heterocycles. The summed E-state index contributed by atoms with van der Waals surface area (Å²) in [4.78, 5) is 21.6. The van der Waals surface area contributed by atoms with Crippen molar-refractivity contribution in [3.8, 4) is 0 Å². The first-order valence-corrected chi connectivity index (χ1v) is 5.11. The SMILES string of the molecule is O=NN1CC[C@H](c2ccccc2)[C@H]1C(=O)O. The largest absolute Gasteiger partial charge is 0.480 e. The molecule has 84 valence electrons. The quantitative estimate of drug-likeness (QED) is 0.785. The lowest BCUT2D eigenvalue weighted by molar-refractivity contribution is -0.142. The number of carboxylic acid groups (broad SMARTS) is 1. The zero-order valence-corrected chi connectivity index (χ0v) is 8.61. The molecule has 1 N–H and O–H groups in total. The van der Waals surface area contributed by atoms with Crippen molar-refractivity contribution in [3.63, 3.8) is 0 Å². The van der Waals surface area contributed by atoms with E-state index in [0.29, 0.717) is 13.0 Å². The Morgan fingerprint density at radius 2 is 2.06 bits per heavy atom. The van der Waals surface area contributed by atoms with Gasteiger partial charge in [-0.2, -0.15) is 0 Å². The highest BCUT2D eigenvalue weighted by molar-refractivity contribution is 5.75. The maximum absolute atomic E-state index is 11.1. The van der Waals surface area contributed by atoms with Crippen molar-refractivity contribution in [1.82, 2.24) is 5.01 Å². The van der Waals surface area contributed by atoms with Gasteiger partial charge in [-0.3, -0.25) is 0 Å². The van der Waals surface area contributed by atoms with E-state index >= 15 is 0 Å². The molecule has 1 aromatic carbocycles. The molecule has 1 aliphatic rings. The Morgan fingerprint density at radius 1 is 1.38 bits per heavy atom. The summed E-state index contributed by atoms with van der Waals surface area (Å²) >= 11 is 0. The van der Waals surface area contributed by atoms with Gasteiger partial charge >= 0.3 is 5.97 Å². The summed E-state index contributed by atoms with van der Waals surface area (Å²) in [5, 5.41) is 13.0. The summed E-state index contributed by atoms with van der Waals surface area (Å²) in [5.41, 5.74) is 0.945. The summed E-state index contributed by atoms with van der Waals surface area (Å²) in [6.45, 7) is 0.403. The second-order valence-corrected chi connectivity index (χ2v) is 3.83. The smallest absolute Gasteiger partial charge is 0.328 e. The first kappa shape index (κ1) is 10.6. The number of carbonyl (C=O) groups is 1. The summed E-state index contributed by atoms with van der Waals surface area (Å²) in [7, 11) is 0. The maximum Gasteiger partial charge on any atom is 0.328 e. The number of nitroso groups, excluding NO2 is 1. The highest BCUT2D eigenvalue weighted by Gasteiger charge is 2.40. The number of rotatable bonds is 3. The molecule has 1 aliphatic heterocycles. The zero-order valence-electron chi connectivity index (χ0n) is 8.61. The van der Waals surface area contributed by atoms with Crippen LogP contribution in [0, 0.1) is 4.91 Å². The Morgan fingerprint density at radius 3 is 2.62 bits per heavy atom. The van der Waals surface area contributed by atoms with Gasteiger partial charge < -0.3 is 5.11 Å². The summed E-state index contributed by atoms with van der Waals surface area (Å²) in [6.07, 6.45) is 0.646. The van der Waals surface area contributed by atoms with Crippen LogP contribution in [-0.2, 0) is 4.79 Å². The fraction of sp³-hybridized carbons (Fsp3) is 0.364.